The third kappa shape index (κ3) is 29.8. The first kappa shape index (κ1) is 43.1. The molecule has 0 bridgehead atoms. The Hall–Kier alpha value is -2.93. The summed E-state index contributed by atoms with van der Waals surface area (Å²) < 4.78 is 5.85. The SMILES string of the molecule is CC/C=C\C/C=C\C/C=C\C/C=C\C(CCCCCC(=O)NC(CCCN)C(=O)O)OC(=O)CCCCCCC/C=C\CCCC. The number of rotatable bonds is 31. The monoisotopic (exact) mass is 642 g/mol. The number of aliphatic carboxylic acids is 1. The summed E-state index contributed by atoms with van der Waals surface area (Å²) in [7, 11) is 0. The van der Waals surface area contributed by atoms with Crippen LogP contribution in [0, 0.1) is 0 Å². The molecule has 4 N–H and O–H groups in total. The highest BCUT2D eigenvalue weighted by molar-refractivity contribution is 5.83. The standard InChI is InChI=1S/C39H66N2O5/c1-3-5-7-9-11-13-15-17-19-21-24-29-35(30-25-23-26-32-37(42)41-36(39(44)45)31-28-34-40)46-38(43)33-27-22-20-18-16-14-12-10-8-6-4-2/h5,7,10-13,17,19,24,29,35-36H,3-4,6,8-9,14-16,18,20-23,25-28,30-34,40H2,1-2H3,(H,41,42)(H,44,45)/b7-5-,12-10-,13-11-,19-17-,29-24-. The molecule has 7 heteroatoms. The van der Waals surface area contributed by atoms with E-state index in [9.17, 15) is 19.5 Å². The zero-order chi connectivity index (χ0) is 33.9. The predicted octanol–water partition coefficient (Wildman–Crippen LogP) is 9.44. The van der Waals surface area contributed by atoms with Crippen LogP contribution in [0.4, 0.5) is 0 Å². The third-order valence-corrected chi connectivity index (χ3v) is 7.55. The van der Waals surface area contributed by atoms with Crippen LogP contribution in [0.1, 0.15) is 149 Å². The van der Waals surface area contributed by atoms with E-state index < -0.39 is 12.0 Å². The maximum absolute atomic E-state index is 12.6. The number of unbranched alkanes of at least 4 members (excludes halogenated alkanes) is 9. The van der Waals surface area contributed by atoms with Gasteiger partial charge in [0.15, 0.2) is 0 Å². The molecule has 0 saturated carbocycles. The van der Waals surface area contributed by atoms with Crippen LogP contribution in [0.25, 0.3) is 0 Å². The maximum Gasteiger partial charge on any atom is 0.326 e. The van der Waals surface area contributed by atoms with Gasteiger partial charge in [-0.25, -0.2) is 4.79 Å². The average Bonchev–Trinajstić information content (AvgIpc) is 3.03. The number of hydrogen-bond acceptors (Lipinski definition) is 5. The summed E-state index contributed by atoms with van der Waals surface area (Å²) in [6, 6.07) is -0.893. The highest BCUT2D eigenvalue weighted by Gasteiger charge is 2.19. The molecule has 46 heavy (non-hydrogen) atoms. The first-order valence-electron chi connectivity index (χ1n) is 18.1. The maximum atomic E-state index is 12.6. The van der Waals surface area contributed by atoms with E-state index in [0.29, 0.717) is 38.6 Å². The number of esters is 1. The summed E-state index contributed by atoms with van der Waals surface area (Å²) >= 11 is 0. The lowest BCUT2D eigenvalue weighted by molar-refractivity contribution is -0.147. The van der Waals surface area contributed by atoms with Gasteiger partial charge in [-0.2, -0.15) is 0 Å². The van der Waals surface area contributed by atoms with Gasteiger partial charge in [0.25, 0.3) is 0 Å². The minimum atomic E-state index is -1.03. The molecule has 0 aliphatic heterocycles. The second-order valence-corrected chi connectivity index (χ2v) is 11.9. The van der Waals surface area contributed by atoms with Crippen molar-refractivity contribution < 1.29 is 24.2 Å². The Labute approximate surface area is 280 Å². The van der Waals surface area contributed by atoms with Crippen molar-refractivity contribution in [2.45, 2.75) is 161 Å². The number of carboxylic acids is 1. The van der Waals surface area contributed by atoms with Crippen molar-refractivity contribution in [1.29, 1.82) is 0 Å². The number of allylic oxidation sites excluding steroid dienone is 9. The molecule has 0 aromatic carbocycles. The van der Waals surface area contributed by atoms with E-state index in [0.717, 1.165) is 64.2 Å². The van der Waals surface area contributed by atoms with Crippen molar-refractivity contribution in [3.63, 3.8) is 0 Å². The fourth-order valence-electron chi connectivity index (χ4n) is 4.81. The molecular formula is C39H66N2O5. The Balaban J connectivity index is 4.58. The lowest BCUT2D eigenvalue weighted by Crippen LogP contribution is -2.40. The van der Waals surface area contributed by atoms with Crippen molar-refractivity contribution in [2.24, 2.45) is 5.73 Å². The molecule has 0 spiro atoms. The van der Waals surface area contributed by atoms with E-state index in [1.807, 2.05) is 6.08 Å². The van der Waals surface area contributed by atoms with Gasteiger partial charge in [0, 0.05) is 12.8 Å². The molecule has 0 aromatic heterocycles. The zero-order valence-corrected chi connectivity index (χ0v) is 29.1. The largest absolute Gasteiger partial charge is 0.480 e. The average molecular weight is 643 g/mol. The fraction of sp³-hybridized carbons (Fsp3) is 0.667. The van der Waals surface area contributed by atoms with Crippen LogP contribution < -0.4 is 11.1 Å². The van der Waals surface area contributed by atoms with Crippen LogP contribution in [0.3, 0.4) is 0 Å². The van der Waals surface area contributed by atoms with Crippen LogP contribution >= 0.6 is 0 Å². The summed E-state index contributed by atoms with van der Waals surface area (Å²) in [5, 5.41) is 11.9. The summed E-state index contributed by atoms with van der Waals surface area (Å²) in [6.45, 7) is 4.74. The van der Waals surface area contributed by atoms with Crippen LogP contribution in [-0.2, 0) is 19.1 Å². The number of amides is 1. The summed E-state index contributed by atoms with van der Waals surface area (Å²) in [4.78, 5) is 36.2. The Morgan fingerprint density at radius 2 is 1.26 bits per heavy atom. The fourth-order valence-corrected chi connectivity index (χ4v) is 4.81. The second kappa shape index (κ2) is 33.4. The number of hydrogen-bond donors (Lipinski definition) is 3. The van der Waals surface area contributed by atoms with Crippen molar-refractivity contribution in [3.05, 3.63) is 60.8 Å². The number of carboxylic acid groups (broad SMARTS) is 1. The van der Waals surface area contributed by atoms with Crippen molar-refractivity contribution >= 4 is 17.8 Å². The molecular weight excluding hydrogens is 576 g/mol. The molecule has 0 fully saturated rings. The topological polar surface area (TPSA) is 119 Å². The Morgan fingerprint density at radius 1 is 0.674 bits per heavy atom. The van der Waals surface area contributed by atoms with Gasteiger partial charge >= 0.3 is 11.9 Å². The molecule has 0 saturated heterocycles. The van der Waals surface area contributed by atoms with Crippen molar-refractivity contribution in [1.82, 2.24) is 5.32 Å². The lowest BCUT2D eigenvalue weighted by atomic mass is 10.1. The molecule has 0 rings (SSSR count). The van der Waals surface area contributed by atoms with Gasteiger partial charge in [0.05, 0.1) is 0 Å². The predicted molar refractivity (Wildman–Crippen MR) is 193 cm³/mol. The summed E-state index contributed by atoms with van der Waals surface area (Å²) in [5.41, 5.74) is 5.47. The van der Waals surface area contributed by atoms with Gasteiger partial charge in [-0.1, -0.05) is 107 Å². The van der Waals surface area contributed by atoms with Gasteiger partial charge in [-0.05, 0) is 96.1 Å². The molecule has 0 aliphatic rings. The summed E-state index contributed by atoms with van der Waals surface area (Å²) in [6.07, 6.45) is 39.8. The van der Waals surface area contributed by atoms with Gasteiger partial charge in [-0.15, -0.1) is 0 Å². The van der Waals surface area contributed by atoms with E-state index >= 15 is 0 Å². The molecule has 0 heterocycles. The quantitative estimate of drug-likeness (QED) is 0.0394. The number of ether oxygens (including phenoxy) is 1. The van der Waals surface area contributed by atoms with Gasteiger partial charge in [-0.3, -0.25) is 9.59 Å². The normalized spacial score (nSPS) is 13.5. The summed E-state index contributed by atoms with van der Waals surface area (Å²) in [5.74, 6) is -1.44. The van der Waals surface area contributed by atoms with E-state index in [1.165, 1.54) is 32.1 Å². The van der Waals surface area contributed by atoms with E-state index in [-0.39, 0.29) is 24.4 Å². The Kier molecular flexibility index (Phi) is 31.3. The van der Waals surface area contributed by atoms with Crippen LogP contribution in [0.2, 0.25) is 0 Å². The smallest absolute Gasteiger partial charge is 0.326 e. The first-order chi connectivity index (χ1) is 22.4. The highest BCUT2D eigenvalue weighted by Crippen LogP contribution is 2.14. The molecule has 0 aliphatic carbocycles. The molecule has 262 valence electrons. The number of nitrogens with one attached hydrogen (secondary N) is 1. The Bertz CT molecular complexity index is 906. The van der Waals surface area contributed by atoms with Crippen LogP contribution in [0.15, 0.2) is 60.8 Å². The highest BCUT2D eigenvalue weighted by atomic mass is 16.5. The van der Waals surface area contributed by atoms with Gasteiger partial charge in [0.1, 0.15) is 12.1 Å². The van der Waals surface area contributed by atoms with Gasteiger partial charge < -0.3 is 20.9 Å². The minimum Gasteiger partial charge on any atom is -0.480 e. The molecule has 0 radical (unpaired) electrons. The number of carbonyl (C=O) groups is 3. The minimum absolute atomic E-state index is 0.150. The number of nitrogens with two attached hydrogens (primary N) is 1. The molecule has 1 amide bonds. The molecule has 0 aromatic rings. The van der Waals surface area contributed by atoms with Crippen LogP contribution in [0.5, 0.6) is 0 Å². The first-order valence-corrected chi connectivity index (χ1v) is 18.1. The zero-order valence-electron chi connectivity index (χ0n) is 29.1. The molecule has 2 atom stereocenters. The van der Waals surface area contributed by atoms with Crippen LogP contribution in [-0.4, -0.2) is 41.6 Å². The van der Waals surface area contributed by atoms with E-state index in [2.05, 4.69) is 73.8 Å². The number of carbonyl (C=O) groups excluding carboxylic acids is 2. The molecule has 7 nitrogen and oxygen atoms in total. The lowest BCUT2D eigenvalue weighted by Gasteiger charge is -2.15. The third-order valence-electron chi connectivity index (χ3n) is 7.55. The molecule has 2 unspecified atom stereocenters. The van der Waals surface area contributed by atoms with Gasteiger partial charge in [0.2, 0.25) is 5.91 Å². The van der Waals surface area contributed by atoms with E-state index in [4.69, 9.17) is 10.5 Å². The van der Waals surface area contributed by atoms with Crippen molar-refractivity contribution in [3.8, 4) is 0 Å². The second-order valence-electron chi connectivity index (χ2n) is 11.9. The van der Waals surface area contributed by atoms with E-state index in [1.54, 1.807) is 0 Å². The van der Waals surface area contributed by atoms with Crippen molar-refractivity contribution in [2.75, 3.05) is 6.54 Å². The Morgan fingerprint density at radius 3 is 1.91 bits per heavy atom.